The van der Waals surface area contributed by atoms with Crippen molar-refractivity contribution in [1.29, 1.82) is 0 Å². The zero-order chi connectivity index (χ0) is 18.4. The number of esters is 1. The highest BCUT2D eigenvalue weighted by Gasteiger charge is 2.18. The van der Waals surface area contributed by atoms with Crippen molar-refractivity contribution in [2.24, 2.45) is 0 Å². The highest BCUT2D eigenvalue weighted by atomic mass is 79.9. The Morgan fingerprint density at radius 3 is 2.56 bits per heavy atom. The molecule has 0 spiro atoms. The van der Waals surface area contributed by atoms with Gasteiger partial charge in [0, 0.05) is 10.7 Å². The molecular formula is C18H17BrClNO3S. The molecule has 1 N–H and O–H groups in total. The van der Waals surface area contributed by atoms with Gasteiger partial charge in [-0.2, -0.15) is 0 Å². The first-order valence-corrected chi connectivity index (χ1v) is 9.72. The first kappa shape index (κ1) is 19.8. The number of carbonyl (C=O) groups excluding carboxylic acids is 2. The second-order valence-electron chi connectivity index (χ2n) is 5.36. The molecule has 0 aliphatic rings. The van der Waals surface area contributed by atoms with Crippen LogP contribution in [-0.2, 0) is 9.59 Å². The van der Waals surface area contributed by atoms with E-state index in [1.165, 1.54) is 11.8 Å². The molecule has 132 valence electrons. The monoisotopic (exact) mass is 441 g/mol. The fraction of sp³-hybridized carbons (Fsp3) is 0.222. The molecule has 0 bridgehead atoms. The maximum Gasteiger partial charge on any atom is 0.324 e. The lowest BCUT2D eigenvalue weighted by molar-refractivity contribution is -0.133. The zero-order valence-corrected chi connectivity index (χ0v) is 16.9. The standard InChI is InChI=1S/C18H17BrClNO3S/c1-11-3-6-14(7-4-11)21-17(22)10-25-12(2)18(23)24-16-8-5-13(20)9-15(16)19/h3-9,12H,10H2,1-2H3,(H,21,22). The number of carbonyl (C=O) groups is 2. The summed E-state index contributed by atoms with van der Waals surface area (Å²) >= 11 is 10.4. The number of hydrogen-bond acceptors (Lipinski definition) is 4. The van der Waals surface area contributed by atoms with Gasteiger partial charge in [0.05, 0.1) is 10.2 Å². The molecule has 4 nitrogen and oxygen atoms in total. The van der Waals surface area contributed by atoms with Gasteiger partial charge in [-0.15, -0.1) is 11.8 Å². The molecule has 25 heavy (non-hydrogen) atoms. The molecule has 1 unspecified atom stereocenters. The SMILES string of the molecule is Cc1ccc(NC(=O)CSC(C)C(=O)Oc2ccc(Cl)cc2Br)cc1. The molecule has 0 aromatic heterocycles. The molecule has 2 aromatic carbocycles. The Balaban J connectivity index is 1.82. The second-order valence-corrected chi connectivity index (χ2v) is 7.98. The van der Waals surface area contributed by atoms with Gasteiger partial charge in [0.25, 0.3) is 0 Å². The summed E-state index contributed by atoms with van der Waals surface area (Å²) < 4.78 is 5.93. The fourth-order valence-electron chi connectivity index (χ4n) is 1.85. The van der Waals surface area contributed by atoms with Crippen LogP contribution in [0, 0.1) is 6.92 Å². The largest absolute Gasteiger partial charge is 0.425 e. The molecule has 0 aliphatic carbocycles. The molecule has 0 saturated heterocycles. The molecule has 0 radical (unpaired) electrons. The molecular weight excluding hydrogens is 426 g/mol. The van der Waals surface area contributed by atoms with Crippen LogP contribution in [0.4, 0.5) is 5.69 Å². The number of hydrogen-bond donors (Lipinski definition) is 1. The van der Waals surface area contributed by atoms with E-state index in [1.54, 1.807) is 25.1 Å². The molecule has 0 saturated carbocycles. The molecule has 0 aliphatic heterocycles. The summed E-state index contributed by atoms with van der Waals surface area (Å²) in [5.74, 6) is -0.0327. The fourth-order valence-corrected chi connectivity index (χ4v) is 3.27. The van der Waals surface area contributed by atoms with Gasteiger partial charge in [-0.05, 0) is 60.1 Å². The van der Waals surface area contributed by atoms with Gasteiger partial charge in [-0.3, -0.25) is 9.59 Å². The topological polar surface area (TPSA) is 55.4 Å². The van der Waals surface area contributed by atoms with Crippen molar-refractivity contribution >= 4 is 56.9 Å². The van der Waals surface area contributed by atoms with Crippen molar-refractivity contribution in [2.75, 3.05) is 11.1 Å². The van der Waals surface area contributed by atoms with Crippen LogP contribution < -0.4 is 10.1 Å². The summed E-state index contributed by atoms with van der Waals surface area (Å²) in [4.78, 5) is 24.1. The van der Waals surface area contributed by atoms with Crippen LogP contribution in [0.5, 0.6) is 5.75 Å². The van der Waals surface area contributed by atoms with Gasteiger partial charge in [0.2, 0.25) is 5.91 Å². The third kappa shape index (κ3) is 6.38. The molecule has 7 heteroatoms. The highest BCUT2D eigenvalue weighted by molar-refractivity contribution is 9.10. The maximum atomic E-state index is 12.1. The van der Waals surface area contributed by atoms with Gasteiger partial charge in [-0.25, -0.2) is 0 Å². The van der Waals surface area contributed by atoms with Crippen LogP contribution in [0.1, 0.15) is 12.5 Å². The Bertz CT molecular complexity index is 767. The van der Waals surface area contributed by atoms with E-state index in [0.717, 1.165) is 11.3 Å². The van der Waals surface area contributed by atoms with E-state index >= 15 is 0 Å². The highest BCUT2D eigenvalue weighted by Crippen LogP contribution is 2.29. The number of aryl methyl sites for hydroxylation is 1. The lowest BCUT2D eigenvalue weighted by Gasteiger charge is -2.12. The molecule has 1 atom stereocenters. The van der Waals surface area contributed by atoms with Gasteiger partial charge in [0.15, 0.2) is 0 Å². The Morgan fingerprint density at radius 2 is 1.92 bits per heavy atom. The summed E-state index contributed by atoms with van der Waals surface area (Å²) in [7, 11) is 0. The van der Waals surface area contributed by atoms with Gasteiger partial charge in [0.1, 0.15) is 11.0 Å². The lowest BCUT2D eigenvalue weighted by atomic mass is 10.2. The van der Waals surface area contributed by atoms with Gasteiger partial charge in [-0.1, -0.05) is 29.3 Å². The quantitative estimate of drug-likeness (QED) is 0.501. The minimum absolute atomic E-state index is 0.159. The third-order valence-electron chi connectivity index (χ3n) is 3.24. The number of halogens is 2. The van der Waals surface area contributed by atoms with Crippen LogP contribution in [0.25, 0.3) is 0 Å². The Kier molecular flexibility index (Phi) is 7.35. The minimum atomic E-state index is -0.480. The van der Waals surface area contributed by atoms with Crippen LogP contribution in [0.3, 0.4) is 0 Å². The van der Waals surface area contributed by atoms with Crippen LogP contribution in [-0.4, -0.2) is 22.9 Å². The van der Waals surface area contributed by atoms with E-state index in [9.17, 15) is 9.59 Å². The Hall–Kier alpha value is -1.50. The summed E-state index contributed by atoms with van der Waals surface area (Å²) in [6, 6.07) is 12.4. The van der Waals surface area contributed by atoms with Crippen LogP contribution in [0.15, 0.2) is 46.9 Å². The third-order valence-corrected chi connectivity index (χ3v) is 5.21. The summed E-state index contributed by atoms with van der Waals surface area (Å²) in [6.45, 7) is 3.68. The molecule has 1 amide bonds. The number of rotatable bonds is 6. The van der Waals surface area contributed by atoms with Crippen molar-refractivity contribution < 1.29 is 14.3 Å². The summed E-state index contributed by atoms with van der Waals surface area (Å²) in [5.41, 5.74) is 1.86. The van der Waals surface area contributed by atoms with Crippen molar-refractivity contribution in [2.45, 2.75) is 19.1 Å². The molecule has 0 heterocycles. The van der Waals surface area contributed by atoms with Crippen molar-refractivity contribution in [3.05, 3.63) is 57.5 Å². The van der Waals surface area contributed by atoms with E-state index in [-0.39, 0.29) is 11.7 Å². The average Bonchev–Trinajstić information content (AvgIpc) is 2.57. The predicted molar refractivity (Wildman–Crippen MR) is 107 cm³/mol. The average molecular weight is 443 g/mol. The van der Waals surface area contributed by atoms with Crippen molar-refractivity contribution in [1.82, 2.24) is 0 Å². The number of benzene rings is 2. The smallest absolute Gasteiger partial charge is 0.324 e. The maximum absolute atomic E-state index is 12.1. The van der Waals surface area contributed by atoms with Crippen LogP contribution >= 0.6 is 39.3 Å². The minimum Gasteiger partial charge on any atom is -0.425 e. The summed E-state index contributed by atoms with van der Waals surface area (Å²) in [6.07, 6.45) is 0. The molecule has 2 rings (SSSR count). The van der Waals surface area contributed by atoms with Gasteiger partial charge >= 0.3 is 5.97 Å². The van der Waals surface area contributed by atoms with E-state index in [4.69, 9.17) is 16.3 Å². The zero-order valence-electron chi connectivity index (χ0n) is 13.7. The number of anilines is 1. The van der Waals surface area contributed by atoms with E-state index < -0.39 is 11.2 Å². The predicted octanol–water partition coefficient (Wildman–Crippen LogP) is 5.08. The Labute approximate surface area is 164 Å². The number of amides is 1. The Morgan fingerprint density at radius 1 is 1.24 bits per heavy atom. The first-order valence-electron chi connectivity index (χ1n) is 7.50. The molecule has 0 fully saturated rings. The number of ether oxygens (including phenoxy) is 1. The van der Waals surface area contributed by atoms with E-state index in [1.807, 2.05) is 31.2 Å². The first-order chi connectivity index (χ1) is 11.8. The summed E-state index contributed by atoms with van der Waals surface area (Å²) in [5, 5.41) is 2.86. The van der Waals surface area contributed by atoms with E-state index in [2.05, 4.69) is 21.2 Å². The van der Waals surface area contributed by atoms with E-state index in [0.29, 0.717) is 15.2 Å². The van der Waals surface area contributed by atoms with Gasteiger partial charge < -0.3 is 10.1 Å². The number of thioether (sulfide) groups is 1. The van der Waals surface area contributed by atoms with Crippen molar-refractivity contribution in [3.8, 4) is 5.75 Å². The number of nitrogens with one attached hydrogen (secondary N) is 1. The normalized spacial score (nSPS) is 11.7. The lowest BCUT2D eigenvalue weighted by Crippen LogP contribution is -2.23. The van der Waals surface area contributed by atoms with Crippen LogP contribution in [0.2, 0.25) is 5.02 Å². The van der Waals surface area contributed by atoms with Crippen molar-refractivity contribution in [3.63, 3.8) is 0 Å². The molecule has 2 aromatic rings. The second kappa shape index (κ2) is 9.27.